The first kappa shape index (κ1) is 19.0. The molecule has 2 aliphatic carbocycles. The molecule has 0 radical (unpaired) electrons. The van der Waals surface area contributed by atoms with Crippen molar-refractivity contribution in [3.8, 4) is 44.5 Å². The zero-order chi connectivity index (χ0) is 21.2. The Morgan fingerprint density at radius 3 is 1.35 bits per heavy atom. The van der Waals surface area contributed by atoms with E-state index >= 15 is 0 Å². The molecular weight excluding hydrogens is 376 g/mol. The largest absolute Gasteiger partial charge is 0.294 e. The molecule has 0 saturated heterocycles. The van der Waals surface area contributed by atoms with Gasteiger partial charge in [0.15, 0.2) is 5.78 Å². The van der Waals surface area contributed by atoms with Gasteiger partial charge in [-0.3, -0.25) is 4.79 Å². The Morgan fingerprint density at radius 2 is 0.871 bits per heavy atom. The molecular formula is C30H22O. The molecule has 0 spiro atoms. The van der Waals surface area contributed by atoms with Crippen LogP contribution in [-0.4, -0.2) is 5.78 Å². The lowest BCUT2D eigenvalue weighted by molar-refractivity contribution is 0.101. The molecule has 0 aliphatic heterocycles. The number of hydrogen-bond acceptors (Lipinski definition) is 1. The first-order valence-electron chi connectivity index (χ1n) is 10.5. The molecule has 0 fully saturated rings. The van der Waals surface area contributed by atoms with Crippen LogP contribution in [0.15, 0.2) is 115 Å². The molecule has 0 saturated carbocycles. The summed E-state index contributed by atoms with van der Waals surface area (Å²) in [5.74, 6) is 0.0722. The summed E-state index contributed by atoms with van der Waals surface area (Å²) in [6.07, 6.45) is 0. The van der Waals surface area contributed by atoms with Crippen LogP contribution in [0.4, 0.5) is 0 Å². The second-order valence-corrected chi connectivity index (χ2v) is 7.76. The van der Waals surface area contributed by atoms with E-state index in [9.17, 15) is 4.79 Å². The second kappa shape index (κ2) is 8.04. The van der Waals surface area contributed by atoms with Crippen molar-refractivity contribution in [1.82, 2.24) is 0 Å². The van der Waals surface area contributed by atoms with Crippen molar-refractivity contribution in [2.24, 2.45) is 0 Å². The lowest BCUT2D eigenvalue weighted by atomic mass is 9.86. The highest BCUT2D eigenvalue weighted by Crippen LogP contribution is 2.41. The summed E-state index contributed by atoms with van der Waals surface area (Å²) in [4.78, 5) is 12.9. The van der Waals surface area contributed by atoms with Crippen LogP contribution in [0.2, 0.25) is 0 Å². The maximum Gasteiger partial charge on any atom is 0.161 e. The Kier molecular flexibility index (Phi) is 4.93. The van der Waals surface area contributed by atoms with Gasteiger partial charge in [0.1, 0.15) is 0 Å². The van der Waals surface area contributed by atoms with Crippen molar-refractivity contribution in [2.75, 3.05) is 0 Å². The highest BCUT2D eigenvalue weighted by atomic mass is 16.1. The van der Waals surface area contributed by atoms with Gasteiger partial charge in [0, 0.05) is 5.56 Å². The van der Waals surface area contributed by atoms with Gasteiger partial charge < -0.3 is 0 Å². The minimum absolute atomic E-state index is 0.0722. The van der Waals surface area contributed by atoms with Crippen LogP contribution in [0.5, 0.6) is 0 Å². The zero-order valence-corrected chi connectivity index (χ0v) is 17.4. The summed E-state index contributed by atoms with van der Waals surface area (Å²) in [5, 5.41) is 0. The lowest BCUT2D eigenvalue weighted by Crippen LogP contribution is -2.01. The Balaban J connectivity index is 1.84. The summed E-state index contributed by atoms with van der Waals surface area (Å²) >= 11 is 0. The third kappa shape index (κ3) is 3.55. The number of carbonyl (C=O) groups is 1. The van der Waals surface area contributed by atoms with Gasteiger partial charge in [-0.1, -0.05) is 103 Å². The smallest absolute Gasteiger partial charge is 0.161 e. The number of benzene rings is 3. The van der Waals surface area contributed by atoms with E-state index in [1.54, 1.807) is 6.92 Å². The van der Waals surface area contributed by atoms with Crippen LogP contribution in [0.3, 0.4) is 0 Å². The average Bonchev–Trinajstić information content (AvgIpc) is 3.07. The fourth-order valence-corrected chi connectivity index (χ4v) is 4.33. The fourth-order valence-electron chi connectivity index (χ4n) is 4.33. The SMILES string of the molecule is CC(=O)c1c(-c2ccccc2)cc(-c2ccc3cccccc2-3)cc1-c1ccccc1. The van der Waals surface area contributed by atoms with E-state index in [4.69, 9.17) is 0 Å². The lowest BCUT2D eigenvalue weighted by Gasteiger charge is -2.17. The molecule has 0 heterocycles. The minimum atomic E-state index is 0.0722. The number of rotatable bonds is 4. The van der Waals surface area contributed by atoms with Crippen LogP contribution in [0, 0.1) is 0 Å². The molecule has 2 aliphatic rings. The number of Topliss-reactive ketones (excluding diaryl/α,β-unsaturated/α-hetero) is 1. The Labute approximate surface area is 183 Å². The van der Waals surface area contributed by atoms with Crippen LogP contribution >= 0.6 is 0 Å². The molecule has 0 unspecified atom stereocenters. The maximum atomic E-state index is 12.9. The normalized spacial score (nSPS) is 10.9. The van der Waals surface area contributed by atoms with E-state index in [1.165, 1.54) is 16.7 Å². The van der Waals surface area contributed by atoms with E-state index in [-0.39, 0.29) is 5.78 Å². The first-order valence-corrected chi connectivity index (χ1v) is 10.5. The highest BCUT2D eigenvalue weighted by molar-refractivity contribution is 6.08. The van der Waals surface area contributed by atoms with Crippen molar-refractivity contribution < 1.29 is 4.79 Å². The van der Waals surface area contributed by atoms with E-state index in [1.807, 2.05) is 42.5 Å². The summed E-state index contributed by atoms with van der Waals surface area (Å²) in [6, 6.07) is 39.5. The molecule has 0 N–H and O–H groups in total. The van der Waals surface area contributed by atoms with Gasteiger partial charge in [0.2, 0.25) is 0 Å². The quantitative estimate of drug-likeness (QED) is 0.280. The Bertz CT molecular complexity index is 1270. The Hall–Kier alpha value is -3.97. The topological polar surface area (TPSA) is 17.1 Å². The van der Waals surface area contributed by atoms with Gasteiger partial charge in [0.25, 0.3) is 0 Å². The van der Waals surface area contributed by atoms with E-state index < -0.39 is 0 Å². The molecule has 0 bridgehead atoms. The highest BCUT2D eigenvalue weighted by Gasteiger charge is 2.20. The molecule has 148 valence electrons. The first-order chi connectivity index (χ1) is 15.2. The number of ketones is 1. The van der Waals surface area contributed by atoms with Crippen molar-refractivity contribution in [3.63, 3.8) is 0 Å². The van der Waals surface area contributed by atoms with Crippen molar-refractivity contribution in [1.29, 1.82) is 0 Å². The molecule has 3 aromatic carbocycles. The number of fused-ring (bicyclic) bond motifs is 1. The third-order valence-corrected chi connectivity index (χ3v) is 5.76. The van der Waals surface area contributed by atoms with Gasteiger partial charge >= 0.3 is 0 Å². The molecule has 0 aromatic heterocycles. The van der Waals surface area contributed by atoms with Crippen molar-refractivity contribution >= 4 is 5.78 Å². The van der Waals surface area contributed by atoms with Gasteiger partial charge in [-0.25, -0.2) is 0 Å². The molecule has 1 nitrogen and oxygen atoms in total. The minimum Gasteiger partial charge on any atom is -0.294 e. The molecule has 31 heavy (non-hydrogen) atoms. The maximum absolute atomic E-state index is 12.9. The molecule has 3 aromatic rings. The monoisotopic (exact) mass is 398 g/mol. The van der Waals surface area contributed by atoms with Gasteiger partial charge in [-0.05, 0) is 63.6 Å². The zero-order valence-electron chi connectivity index (χ0n) is 17.4. The molecule has 5 rings (SSSR count). The molecule has 0 amide bonds. The Morgan fingerprint density at radius 1 is 0.452 bits per heavy atom. The predicted octanol–water partition coefficient (Wildman–Crippen LogP) is 8.00. The predicted molar refractivity (Wildman–Crippen MR) is 129 cm³/mol. The van der Waals surface area contributed by atoms with E-state index in [0.29, 0.717) is 0 Å². The van der Waals surface area contributed by atoms with Crippen LogP contribution in [0.1, 0.15) is 17.3 Å². The van der Waals surface area contributed by atoms with Crippen molar-refractivity contribution in [3.05, 3.63) is 121 Å². The molecule has 1 heteroatoms. The van der Waals surface area contributed by atoms with E-state index in [0.717, 1.165) is 33.4 Å². The molecule has 0 atom stereocenters. The number of carbonyl (C=O) groups excluding carboxylic acids is 1. The van der Waals surface area contributed by atoms with Crippen molar-refractivity contribution in [2.45, 2.75) is 6.92 Å². The standard InChI is InChI=1S/C30H22O/c1-21(31)30-28(22-11-5-2-6-12-22)19-25(20-29(30)23-13-7-3-8-14-23)27-18-17-24-15-9-4-10-16-26(24)27/h2-20H,1H3. The summed E-state index contributed by atoms with van der Waals surface area (Å²) in [5.41, 5.74) is 9.51. The van der Waals surface area contributed by atoms with Gasteiger partial charge in [0.05, 0.1) is 0 Å². The van der Waals surface area contributed by atoms with Crippen LogP contribution in [0.25, 0.3) is 44.5 Å². The van der Waals surface area contributed by atoms with Crippen LogP contribution < -0.4 is 0 Å². The summed E-state index contributed by atoms with van der Waals surface area (Å²) < 4.78 is 0. The number of hydrogen-bond donors (Lipinski definition) is 0. The second-order valence-electron chi connectivity index (χ2n) is 7.76. The van der Waals surface area contributed by atoms with Gasteiger partial charge in [-0.2, -0.15) is 0 Å². The van der Waals surface area contributed by atoms with Gasteiger partial charge in [-0.15, -0.1) is 0 Å². The van der Waals surface area contributed by atoms with Crippen LogP contribution in [-0.2, 0) is 0 Å². The third-order valence-electron chi connectivity index (χ3n) is 5.76. The van der Waals surface area contributed by atoms with E-state index in [2.05, 4.69) is 72.8 Å². The fraction of sp³-hybridized carbons (Fsp3) is 0.0333. The summed E-state index contributed by atoms with van der Waals surface area (Å²) in [6.45, 7) is 1.66. The summed E-state index contributed by atoms with van der Waals surface area (Å²) in [7, 11) is 0. The average molecular weight is 399 g/mol.